The number of amides is 1. The third-order valence-corrected chi connectivity index (χ3v) is 5.87. The molecule has 28 heavy (non-hydrogen) atoms. The molecule has 1 fully saturated rings. The van der Waals surface area contributed by atoms with E-state index in [9.17, 15) is 4.79 Å². The van der Waals surface area contributed by atoms with E-state index in [1.54, 1.807) is 4.68 Å². The maximum absolute atomic E-state index is 13.0. The van der Waals surface area contributed by atoms with Gasteiger partial charge in [0.1, 0.15) is 5.54 Å². The van der Waals surface area contributed by atoms with E-state index in [1.807, 2.05) is 55.5 Å². The Hall–Kier alpha value is -2.73. The van der Waals surface area contributed by atoms with Crippen LogP contribution in [0.25, 0.3) is 5.69 Å². The van der Waals surface area contributed by atoms with Crippen LogP contribution in [0.1, 0.15) is 53.8 Å². The third-order valence-electron chi connectivity index (χ3n) is 5.46. The summed E-state index contributed by atoms with van der Waals surface area (Å²) in [5.41, 5.74) is 1.75. The third kappa shape index (κ3) is 3.40. The number of carbonyl (C=O) groups excluding carboxylic acids is 1. The smallest absolute Gasteiger partial charge is 0.252 e. The van der Waals surface area contributed by atoms with Gasteiger partial charge >= 0.3 is 0 Å². The van der Waals surface area contributed by atoms with E-state index in [0.717, 1.165) is 43.4 Å². The summed E-state index contributed by atoms with van der Waals surface area (Å²) in [6, 6.07) is 14.9. The topological polar surface area (TPSA) is 72.7 Å². The van der Waals surface area contributed by atoms with Gasteiger partial charge in [0.2, 0.25) is 0 Å². The fourth-order valence-electron chi connectivity index (χ4n) is 3.91. The monoisotopic (exact) mass is 395 g/mol. The molecular weight excluding hydrogens is 374 g/mol. The van der Waals surface area contributed by atoms with Crippen molar-refractivity contribution in [2.75, 3.05) is 0 Å². The summed E-state index contributed by atoms with van der Waals surface area (Å²) in [4.78, 5) is 13.0. The highest BCUT2D eigenvalue weighted by Crippen LogP contribution is 2.37. The summed E-state index contributed by atoms with van der Waals surface area (Å²) in [5, 5.41) is 16.4. The zero-order valence-electron chi connectivity index (χ0n) is 15.7. The van der Waals surface area contributed by atoms with E-state index in [2.05, 4.69) is 20.8 Å². The number of nitrogens with one attached hydrogen (secondary N) is 1. The average molecular weight is 396 g/mol. The highest BCUT2D eigenvalue weighted by molar-refractivity contribution is 6.31. The minimum absolute atomic E-state index is 0.111. The van der Waals surface area contributed by atoms with Crippen LogP contribution in [-0.2, 0) is 5.54 Å². The number of rotatable bonds is 4. The lowest BCUT2D eigenvalue weighted by molar-refractivity contribution is 0.0855. The van der Waals surface area contributed by atoms with Crippen LogP contribution in [0.2, 0.25) is 5.02 Å². The maximum atomic E-state index is 13.0. The molecule has 0 radical (unpaired) electrons. The summed E-state index contributed by atoms with van der Waals surface area (Å²) in [6.07, 6.45) is 4.75. The van der Waals surface area contributed by atoms with Crippen LogP contribution in [-0.4, -0.2) is 26.1 Å². The minimum atomic E-state index is -0.608. The number of aromatic nitrogens is 4. The van der Waals surface area contributed by atoms with Crippen molar-refractivity contribution in [2.24, 2.45) is 0 Å². The second-order valence-corrected chi connectivity index (χ2v) is 7.67. The van der Waals surface area contributed by atoms with E-state index in [4.69, 9.17) is 11.6 Å². The zero-order chi connectivity index (χ0) is 19.6. The largest absolute Gasteiger partial charge is 0.339 e. The second kappa shape index (κ2) is 7.72. The minimum Gasteiger partial charge on any atom is -0.339 e. The summed E-state index contributed by atoms with van der Waals surface area (Å²) in [7, 11) is 0. The predicted molar refractivity (Wildman–Crippen MR) is 108 cm³/mol. The van der Waals surface area contributed by atoms with Crippen molar-refractivity contribution in [3.63, 3.8) is 0 Å². The Kier molecular flexibility index (Phi) is 5.13. The summed E-state index contributed by atoms with van der Waals surface area (Å²) in [5.74, 6) is 0.543. The molecule has 0 unspecified atom stereocenters. The molecule has 0 atom stereocenters. The van der Waals surface area contributed by atoms with Gasteiger partial charge < -0.3 is 5.32 Å². The van der Waals surface area contributed by atoms with Crippen molar-refractivity contribution in [1.29, 1.82) is 0 Å². The molecule has 0 aliphatic heterocycles. The molecule has 4 rings (SSSR count). The molecule has 0 spiro atoms. The van der Waals surface area contributed by atoms with E-state index < -0.39 is 5.54 Å². The second-order valence-electron chi connectivity index (χ2n) is 7.26. The molecule has 7 heteroatoms. The first-order valence-electron chi connectivity index (χ1n) is 9.53. The Morgan fingerprint density at radius 3 is 2.57 bits per heavy atom. The molecule has 1 heterocycles. The van der Waals surface area contributed by atoms with Crippen LogP contribution in [0.5, 0.6) is 0 Å². The molecule has 0 bridgehead atoms. The molecule has 0 saturated heterocycles. The number of hydrogen-bond donors (Lipinski definition) is 1. The van der Waals surface area contributed by atoms with Crippen molar-refractivity contribution >= 4 is 17.5 Å². The van der Waals surface area contributed by atoms with Crippen LogP contribution in [0.4, 0.5) is 0 Å². The summed E-state index contributed by atoms with van der Waals surface area (Å²) < 4.78 is 1.72. The molecule has 1 N–H and O–H groups in total. The van der Waals surface area contributed by atoms with Gasteiger partial charge in [-0.15, -0.1) is 5.10 Å². The van der Waals surface area contributed by atoms with E-state index >= 15 is 0 Å². The Bertz CT molecular complexity index is 979. The lowest BCUT2D eigenvalue weighted by atomic mass is 9.80. The van der Waals surface area contributed by atoms with Crippen molar-refractivity contribution in [3.05, 3.63) is 70.5 Å². The number of carbonyl (C=O) groups is 1. The van der Waals surface area contributed by atoms with E-state index in [1.165, 1.54) is 0 Å². The van der Waals surface area contributed by atoms with Gasteiger partial charge in [0, 0.05) is 10.6 Å². The summed E-state index contributed by atoms with van der Waals surface area (Å²) in [6.45, 7) is 1.94. The fraction of sp³-hybridized carbons (Fsp3) is 0.333. The molecule has 1 aliphatic carbocycles. The van der Waals surface area contributed by atoms with Crippen molar-refractivity contribution < 1.29 is 4.79 Å². The van der Waals surface area contributed by atoms with Crippen LogP contribution in [0.15, 0.2) is 48.5 Å². The fourth-order valence-corrected chi connectivity index (χ4v) is 4.08. The Morgan fingerprint density at radius 1 is 1.07 bits per heavy atom. The van der Waals surface area contributed by atoms with Gasteiger partial charge in [-0.3, -0.25) is 4.79 Å². The Labute approximate surface area is 168 Å². The number of benzene rings is 2. The van der Waals surface area contributed by atoms with Crippen molar-refractivity contribution in [2.45, 2.75) is 44.6 Å². The van der Waals surface area contributed by atoms with Gasteiger partial charge in [-0.25, -0.2) is 0 Å². The standard InChI is InChI=1S/C21H22ClN5O/c1-15-17(22)11-8-12-18(15)27-20(24-25-26-27)21(13-6-3-7-14-21)23-19(28)16-9-4-2-5-10-16/h2,4-5,8-12H,3,6-7,13-14H2,1H3,(H,23,28). The van der Waals surface area contributed by atoms with Crippen molar-refractivity contribution in [1.82, 2.24) is 25.5 Å². The zero-order valence-corrected chi connectivity index (χ0v) is 16.5. The molecule has 1 saturated carbocycles. The lowest BCUT2D eigenvalue weighted by Gasteiger charge is -2.37. The van der Waals surface area contributed by atoms with Crippen LogP contribution < -0.4 is 5.32 Å². The first-order valence-corrected chi connectivity index (χ1v) is 9.90. The quantitative estimate of drug-likeness (QED) is 0.718. The molecular formula is C21H22ClN5O. The lowest BCUT2D eigenvalue weighted by Crippen LogP contribution is -2.49. The molecule has 1 aromatic heterocycles. The Morgan fingerprint density at radius 2 is 1.82 bits per heavy atom. The average Bonchev–Trinajstić information content (AvgIpc) is 3.22. The Balaban J connectivity index is 1.76. The molecule has 1 amide bonds. The van der Waals surface area contributed by atoms with Crippen LogP contribution >= 0.6 is 11.6 Å². The van der Waals surface area contributed by atoms with E-state index in [0.29, 0.717) is 16.4 Å². The maximum Gasteiger partial charge on any atom is 0.252 e. The number of tetrazole rings is 1. The van der Waals surface area contributed by atoms with Gasteiger partial charge in [-0.2, -0.15) is 4.68 Å². The molecule has 3 aromatic rings. The highest BCUT2D eigenvalue weighted by atomic mass is 35.5. The first kappa shape index (κ1) is 18.6. The first-order chi connectivity index (χ1) is 13.6. The van der Waals surface area contributed by atoms with Gasteiger partial charge in [-0.05, 0) is 60.0 Å². The van der Waals surface area contributed by atoms with Gasteiger partial charge in [-0.1, -0.05) is 55.1 Å². The van der Waals surface area contributed by atoms with Gasteiger partial charge in [0.25, 0.3) is 5.91 Å². The number of halogens is 1. The summed E-state index contributed by atoms with van der Waals surface area (Å²) >= 11 is 6.32. The van der Waals surface area contributed by atoms with Gasteiger partial charge in [0.05, 0.1) is 5.69 Å². The SMILES string of the molecule is Cc1c(Cl)cccc1-n1nnnc1C1(NC(=O)c2ccccc2)CCCCC1. The van der Waals surface area contributed by atoms with Gasteiger partial charge in [0.15, 0.2) is 5.82 Å². The molecule has 1 aliphatic rings. The van der Waals surface area contributed by atoms with Crippen molar-refractivity contribution in [3.8, 4) is 5.69 Å². The highest BCUT2D eigenvalue weighted by Gasteiger charge is 2.41. The predicted octanol–water partition coefficient (Wildman–Crippen LogP) is 4.21. The number of nitrogens with zero attached hydrogens (tertiary/aromatic N) is 4. The van der Waals surface area contributed by atoms with E-state index in [-0.39, 0.29) is 5.91 Å². The molecule has 144 valence electrons. The molecule has 2 aromatic carbocycles. The number of hydrogen-bond acceptors (Lipinski definition) is 4. The van der Waals surface area contributed by atoms with Crippen LogP contribution in [0.3, 0.4) is 0 Å². The molecule has 6 nitrogen and oxygen atoms in total. The van der Waals surface area contributed by atoms with Crippen LogP contribution in [0, 0.1) is 6.92 Å². The normalized spacial score (nSPS) is 15.9.